The number of rotatable bonds is 4. The van der Waals surface area contributed by atoms with Crippen molar-refractivity contribution < 1.29 is 14.5 Å². The number of hydrogen-bond acceptors (Lipinski definition) is 5. The number of carbonyl (C=O) groups excluding carboxylic acids is 1. The van der Waals surface area contributed by atoms with Gasteiger partial charge >= 0.3 is 5.69 Å². The van der Waals surface area contributed by atoms with Gasteiger partial charge in [0.25, 0.3) is 5.91 Å². The molecule has 1 amide bonds. The first-order valence-electron chi connectivity index (χ1n) is 6.98. The summed E-state index contributed by atoms with van der Waals surface area (Å²) in [6.07, 6.45) is 1.72. The lowest BCUT2D eigenvalue weighted by atomic mass is 10.1. The molecule has 1 unspecified atom stereocenters. The minimum Gasteiger partial charge on any atom is -0.393 e. The quantitative estimate of drug-likeness (QED) is 0.518. The summed E-state index contributed by atoms with van der Waals surface area (Å²) in [6, 6.07) is 4.43. The molecule has 114 valence electrons. The molecule has 7 heteroatoms. The Labute approximate surface area is 122 Å². The Kier molecular flexibility index (Phi) is 4.74. The highest BCUT2D eigenvalue weighted by Crippen LogP contribution is 2.28. The first-order chi connectivity index (χ1) is 10.0. The number of nitrogen functional groups attached to an aromatic ring is 1. The van der Waals surface area contributed by atoms with Crippen molar-refractivity contribution in [3.05, 3.63) is 33.9 Å². The van der Waals surface area contributed by atoms with E-state index in [-0.39, 0.29) is 28.9 Å². The fraction of sp³-hybridized carbons (Fsp3) is 0.500. The molecule has 1 heterocycles. The van der Waals surface area contributed by atoms with Crippen molar-refractivity contribution in [3.8, 4) is 0 Å². The van der Waals surface area contributed by atoms with Crippen LogP contribution in [-0.4, -0.2) is 41.5 Å². The van der Waals surface area contributed by atoms with Crippen molar-refractivity contribution in [3.63, 3.8) is 0 Å². The Morgan fingerprint density at radius 2 is 2.33 bits per heavy atom. The molecule has 2 N–H and O–H groups in total. The number of hydrogen-bond donors (Lipinski definition) is 1. The largest absolute Gasteiger partial charge is 0.393 e. The van der Waals surface area contributed by atoms with E-state index in [0.717, 1.165) is 12.8 Å². The highest BCUT2D eigenvalue weighted by Gasteiger charge is 2.30. The molecule has 2 rings (SSSR count). The van der Waals surface area contributed by atoms with Crippen LogP contribution in [0.2, 0.25) is 0 Å². The summed E-state index contributed by atoms with van der Waals surface area (Å²) in [4.78, 5) is 24.7. The van der Waals surface area contributed by atoms with E-state index in [1.165, 1.54) is 12.1 Å². The number of nitro benzene ring substituents is 1. The average molecular weight is 293 g/mol. The number of anilines is 1. The SMILES string of the molecule is CCOC1CCCN(C(=O)c2cccc(N)c2[N+](=O)[O-])C1. The Hall–Kier alpha value is -2.15. The molecule has 1 aliphatic heterocycles. The van der Waals surface area contributed by atoms with Gasteiger partial charge in [0.05, 0.1) is 11.0 Å². The third-order valence-electron chi connectivity index (χ3n) is 3.55. The van der Waals surface area contributed by atoms with Gasteiger partial charge in [-0.15, -0.1) is 0 Å². The third-order valence-corrected chi connectivity index (χ3v) is 3.55. The number of amides is 1. The Morgan fingerprint density at radius 3 is 3.00 bits per heavy atom. The van der Waals surface area contributed by atoms with Gasteiger partial charge in [0.15, 0.2) is 0 Å². The van der Waals surface area contributed by atoms with E-state index < -0.39 is 4.92 Å². The van der Waals surface area contributed by atoms with Crippen LogP contribution >= 0.6 is 0 Å². The van der Waals surface area contributed by atoms with Crippen LogP contribution in [0.25, 0.3) is 0 Å². The van der Waals surface area contributed by atoms with E-state index >= 15 is 0 Å². The molecule has 21 heavy (non-hydrogen) atoms. The third kappa shape index (κ3) is 3.30. The van der Waals surface area contributed by atoms with Crippen molar-refractivity contribution in [1.29, 1.82) is 0 Å². The van der Waals surface area contributed by atoms with Crippen molar-refractivity contribution in [1.82, 2.24) is 4.90 Å². The van der Waals surface area contributed by atoms with Crippen LogP contribution in [0.4, 0.5) is 11.4 Å². The van der Waals surface area contributed by atoms with E-state index in [1.807, 2.05) is 6.92 Å². The molecule has 1 aromatic carbocycles. The second-order valence-electron chi connectivity index (χ2n) is 4.97. The number of nitro groups is 1. The maximum Gasteiger partial charge on any atom is 0.304 e. The molecule has 1 atom stereocenters. The van der Waals surface area contributed by atoms with E-state index in [2.05, 4.69) is 0 Å². The molecular formula is C14H19N3O4. The number of para-hydroxylation sites is 1. The van der Waals surface area contributed by atoms with Gasteiger partial charge in [0, 0.05) is 19.7 Å². The lowest BCUT2D eigenvalue weighted by molar-refractivity contribution is -0.384. The first kappa shape index (κ1) is 15.2. The molecule has 1 aromatic rings. The number of ether oxygens (including phenoxy) is 1. The zero-order valence-corrected chi connectivity index (χ0v) is 11.9. The van der Waals surface area contributed by atoms with Crippen molar-refractivity contribution in [2.24, 2.45) is 0 Å². The summed E-state index contributed by atoms with van der Waals surface area (Å²) in [5.74, 6) is -0.363. The number of nitrogens with two attached hydrogens (primary N) is 1. The maximum absolute atomic E-state index is 12.5. The van der Waals surface area contributed by atoms with E-state index in [9.17, 15) is 14.9 Å². The summed E-state index contributed by atoms with van der Waals surface area (Å²) in [7, 11) is 0. The van der Waals surface area contributed by atoms with Crippen LogP contribution in [0.5, 0.6) is 0 Å². The summed E-state index contributed by atoms with van der Waals surface area (Å²) in [5, 5.41) is 11.1. The van der Waals surface area contributed by atoms with Crippen LogP contribution in [-0.2, 0) is 4.74 Å². The molecule has 1 fully saturated rings. The minimum atomic E-state index is -0.605. The predicted octanol–water partition coefficient (Wildman–Crippen LogP) is 1.82. The van der Waals surface area contributed by atoms with Gasteiger partial charge in [0.2, 0.25) is 0 Å². The highest BCUT2D eigenvalue weighted by atomic mass is 16.6. The highest BCUT2D eigenvalue weighted by molar-refractivity contribution is 6.00. The molecule has 0 spiro atoms. The van der Waals surface area contributed by atoms with Gasteiger partial charge in [-0.3, -0.25) is 14.9 Å². The lowest BCUT2D eigenvalue weighted by Gasteiger charge is -2.32. The fourth-order valence-electron chi connectivity index (χ4n) is 2.60. The van der Waals surface area contributed by atoms with E-state index in [4.69, 9.17) is 10.5 Å². The topological polar surface area (TPSA) is 98.7 Å². The second-order valence-corrected chi connectivity index (χ2v) is 4.97. The molecule has 0 radical (unpaired) electrons. The van der Waals surface area contributed by atoms with Crippen LogP contribution in [0.1, 0.15) is 30.1 Å². The molecule has 0 aromatic heterocycles. The zero-order valence-electron chi connectivity index (χ0n) is 11.9. The van der Waals surface area contributed by atoms with Crippen LogP contribution < -0.4 is 5.73 Å². The maximum atomic E-state index is 12.5. The van der Waals surface area contributed by atoms with E-state index in [0.29, 0.717) is 19.7 Å². The number of carbonyl (C=O) groups is 1. The van der Waals surface area contributed by atoms with Crippen LogP contribution in [0.3, 0.4) is 0 Å². The minimum absolute atomic E-state index is 0.00391. The van der Waals surface area contributed by atoms with Gasteiger partial charge in [-0.05, 0) is 31.9 Å². The van der Waals surface area contributed by atoms with Crippen molar-refractivity contribution in [2.75, 3.05) is 25.4 Å². The number of likely N-dealkylation sites (tertiary alicyclic amines) is 1. The summed E-state index contributed by atoms with van der Waals surface area (Å²) in [6.45, 7) is 3.53. The molecule has 0 bridgehead atoms. The molecule has 1 aliphatic rings. The smallest absolute Gasteiger partial charge is 0.304 e. The van der Waals surface area contributed by atoms with Gasteiger partial charge < -0.3 is 15.4 Å². The number of benzene rings is 1. The van der Waals surface area contributed by atoms with E-state index in [1.54, 1.807) is 11.0 Å². The lowest BCUT2D eigenvalue weighted by Crippen LogP contribution is -2.43. The van der Waals surface area contributed by atoms with Gasteiger partial charge in [-0.1, -0.05) is 6.07 Å². The molecule has 0 aliphatic carbocycles. The standard InChI is InChI=1S/C14H19N3O4/c1-2-21-10-5-4-8-16(9-10)14(18)11-6-3-7-12(15)13(11)17(19)20/h3,6-7,10H,2,4-5,8-9,15H2,1H3. The monoisotopic (exact) mass is 293 g/mol. The summed E-state index contributed by atoms with van der Waals surface area (Å²) >= 11 is 0. The average Bonchev–Trinajstić information content (AvgIpc) is 2.46. The fourth-order valence-corrected chi connectivity index (χ4v) is 2.60. The Bertz CT molecular complexity index is 545. The van der Waals surface area contributed by atoms with Crippen LogP contribution in [0.15, 0.2) is 18.2 Å². The Balaban J connectivity index is 2.24. The van der Waals surface area contributed by atoms with Gasteiger partial charge in [-0.2, -0.15) is 0 Å². The number of piperidine rings is 1. The molecule has 7 nitrogen and oxygen atoms in total. The number of nitrogens with zero attached hydrogens (tertiary/aromatic N) is 2. The van der Waals surface area contributed by atoms with Crippen molar-refractivity contribution in [2.45, 2.75) is 25.9 Å². The second kappa shape index (κ2) is 6.53. The summed E-state index contributed by atoms with van der Waals surface area (Å²) in [5.41, 5.74) is 5.35. The van der Waals surface area contributed by atoms with Crippen molar-refractivity contribution >= 4 is 17.3 Å². The molecular weight excluding hydrogens is 274 g/mol. The molecule has 0 saturated carbocycles. The van der Waals surface area contributed by atoms with Gasteiger partial charge in [-0.25, -0.2) is 0 Å². The van der Waals surface area contributed by atoms with Crippen LogP contribution in [0, 0.1) is 10.1 Å². The summed E-state index contributed by atoms with van der Waals surface area (Å²) < 4.78 is 5.55. The first-order valence-corrected chi connectivity index (χ1v) is 6.98. The normalized spacial score (nSPS) is 18.5. The predicted molar refractivity (Wildman–Crippen MR) is 78.1 cm³/mol. The van der Waals surface area contributed by atoms with Gasteiger partial charge in [0.1, 0.15) is 11.3 Å². The Morgan fingerprint density at radius 1 is 1.57 bits per heavy atom. The molecule has 1 saturated heterocycles. The zero-order chi connectivity index (χ0) is 15.4.